The van der Waals surface area contributed by atoms with Crippen LogP contribution in [-0.2, 0) is 12.6 Å². The number of pyridine rings is 1. The normalized spacial score (nSPS) is 11.7. The van der Waals surface area contributed by atoms with Crippen LogP contribution in [0.15, 0.2) is 29.7 Å². The minimum atomic E-state index is -4.46. The van der Waals surface area contributed by atoms with Crippen molar-refractivity contribution in [2.75, 3.05) is 6.26 Å². The Balaban J connectivity index is 2.52. The molecule has 0 fully saturated rings. The predicted molar refractivity (Wildman–Crippen MR) is 71.4 cm³/mol. The van der Waals surface area contributed by atoms with E-state index in [-0.39, 0.29) is 5.69 Å². The highest BCUT2D eigenvalue weighted by Gasteiger charge is 2.33. The van der Waals surface area contributed by atoms with Gasteiger partial charge in [-0.05, 0) is 24.3 Å². The Bertz CT molecular complexity index is 597. The Hall–Kier alpha value is -1.63. The van der Waals surface area contributed by atoms with Crippen LogP contribution in [0.2, 0.25) is 0 Å². The van der Waals surface area contributed by atoms with E-state index in [0.29, 0.717) is 17.1 Å². The molecule has 2 aromatic heterocycles. The van der Waals surface area contributed by atoms with E-state index in [2.05, 4.69) is 15.0 Å². The van der Waals surface area contributed by atoms with Crippen LogP contribution in [0.5, 0.6) is 0 Å². The first-order valence-electron chi connectivity index (χ1n) is 5.89. The van der Waals surface area contributed by atoms with Crippen LogP contribution in [0, 0.1) is 0 Å². The first-order chi connectivity index (χ1) is 9.45. The van der Waals surface area contributed by atoms with Gasteiger partial charge in [-0.25, -0.2) is 15.0 Å². The zero-order chi connectivity index (χ0) is 14.8. The molecule has 0 N–H and O–H groups in total. The molecule has 2 aromatic rings. The van der Waals surface area contributed by atoms with Crippen molar-refractivity contribution < 1.29 is 13.2 Å². The van der Waals surface area contributed by atoms with Crippen LogP contribution in [-0.4, -0.2) is 21.2 Å². The average Bonchev–Trinajstić information content (AvgIpc) is 2.45. The van der Waals surface area contributed by atoms with Crippen LogP contribution in [0.3, 0.4) is 0 Å². The molecule has 0 saturated heterocycles. The quantitative estimate of drug-likeness (QED) is 0.637. The molecule has 0 aliphatic rings. The standard InChI is InChI=1S/C13H12F3N3S/c1-3-8-4-5-10(13(14,15)16)19-11(8)9-6-17-12(20-2)18-7-9/h4-7H,3H2,1-2H3. The summed E-state index contributed by atoms with van der Waals surface area (Å²) >= 11 is 1.37. The Kier molecular flexibility index (Phi) is 4.27. The van der Waals surface area contributed by atoms with Crippen molar-refractivity contribution in [1.82, 2.24) is 15.0 Å². The third kappa shape index (κ3) is 3.09. The van der Waals surface area contributed by atoms with Gasteiger partial charge >= 0.3 is 6.18 Å². The molecule has 106 valence electrons. The van der Waals surface area contributed by atoms with E-state index >= 15 is 0 Å². The lowest BCUT2D eigenvalue weighted by Gasteiger charge is -2.11. The largest absolute Gasteiger partial charge is 0.433 e. The molecular formula is C13H12F3N3S. The summed E-state index contributed by atoms with van der Waals surface area (Å²) in [6.07, 6.45) is 0.960. The molecular weight excluding hydrogens is 287 g/mol. The second-order valence-electron chi connectivity index (χ2n) is 4.01. The van der Waals surface area contributed by atoms with Gasteiger partial charge in [-0.3, -0.25) is 0 Å². The van der Waals surface area contributed by atoms with Crippen LogP contribution in [0.25, 0.3) is 11.3 Å². The molecule has 0 aromatic carbocycles. The number of thioether (sulfide) groups is 1. The van der Waals surface area contributed by atoms with Crippen molar-refractivity contribution in [3.63, 3.8) is 0 Å². The Morgan fingerprint density at radius 1 is 1.15 bits per heavy atom. The SMILES string of the molecule is CCc1ccc(C(F)(F)F)nc1-c1cnc(SC)nc1. The van der Waals surface area contributed by atoms with Crippen molar-refractivity contribution in [1.29, 1.82) is 0 Å². The predicted octanol–water partition coefficient (Wildman–Crippen LogP) is 3.84. The molecule has 7 heteroatoms. The summed E-state index contributed by atoms with van der Waals surface area (Å²) in [6, 6.07) is 2.45. The maximum Gasteiger partial charge on any atom is 0.433 e. The lowest BCUT2D eigenvalue weighted by molar-refractivity contribution is -0.141. The number of rotatable bonds is 3. The smallest absolute Gasteiger partial charge is 0.243 e. The second kappa shape index (κ2) is 5.78. The lowest BCUT2D eigenvalue weighted by atomic mass is 10.1. The lowest BCUT2D eigenvalue weighted by Crippen LogP contribution is -2.09. The van der Waals surface area contributed by atoms with Crippen molar-refractivity contribution >= 4 is 11.8 Å². The topological polar surface area (TPSA) is 38.7 Å². The summed E-state index contributed by atoms with van der Waals surface area (Å²) in [6.45, 7) is 1.87. The number of aryl methyl sites for hydroxylation is 1. The van der Waals surface area contributed by atoms with Crippen molar-refractivity contribution in [2.24, 2.45) is 0 Å². The van der Waals surface area contributed by atoms with Gasteiger partial charge in [0.05, 0.1) is 5.69 Å². The van der Waals surface area contributed by atoms with E-state index in [9.17, 15) is 13.2 Å². The molecule has 2 rings (SSSR count). The summed E-state index contributed by atoms with van der Waals surface area (Å²) in [5, 5.41) is 0.568. The summed E-state index contributed by atoms with van der Waals surface area (Å²) in [5.41, 5.74) is 0.609. The average molecular weight is 299 g/mol. The number of alkyl halides is 3. The van der Waals surface area contributed by atoms with Crippen molar-refractivity contribution in [3.8, 4) is 11.3 Å². The first-order valence-corrected chi connectivity index (χ1v) is 7.11. The van der Waals surface area contributed by atoms with Crippen LogP contribution in [0.4, 0.5) is 13.2 Å². The summed E-state index contributed by atoms with van der Waals surface area (Å²) < 4.78 is 38.2. The first kappa shape index (κ1) is 14.8. The van der Waals surface area contributed by atoms with Gasteiger partial charge < -0.3 is 0 Å². The van der Waals surface area contributed by atoms with Crippen LogP contribution in [0.1, 0.15) is 18.2 Å². The number of hydrogen-bond donors (Lipinski definition) is 0. The Morgan fingerprint density at radius 2 is 1.80 bits per heavy atom. The van der Waals surface area contributed by atoms with Gasteiger partial charge in [-0.2, -0.15) is 13.2 Å². The maximum atomic E-state index is 12.7. The maximum absolute atomic E-state index is 12.7. The van der Waals surface area contributed by atoms with E-state index in [0.717, 1.165) is 11.6 Å². The third-order valence-corrected chi connectivity index (χ3v) is 3.31. The van der Waals surface area contributed by atoms with Gasteiger partial charge in [0.25, 0.3) is 0 Å². The van der Waals surface area contributed by atoms with Gasteiger partial charge in [0.1, 0.15) is 5.69 Å². The highest BCUT2D eigenvalue weighted by molar-refractivity contribution is 7.98. The van der Waals surface area contributed by atoms with E-state index in [1.165, 1.54) is 30.2 Å². The summed E-state index contributed by atoms with van der Waals surface area (Å²) in [7, 11) is 0. The zero-order valence-electron chi connectivity index (χ0n) is 10.9. The van der Waals surface area contributed by atoms with Gasteiger partial charge in [0, 0.05) is 18.0 Å². The van der Waals surface area contributed by atoms with Crippen LogP contribution >= 0.6 is 11.8 Å². The summed E-state index contributed by atoms with van der Waals surface area (Å²) in [5.74, 6) is 0. The van der Waals surface area contributed by atoms with E-state index < -0.39 is 11.9 Å². The zero-order valence-corrected chi connectivity index (χ0v) is 11.7. The molecule has 3 nitrogen and oxygen atoms in total. The molecule has 0 unspecified atom stereocenters. The number of aromatic nitrogens is 3. The fraction of sp³-hybridized carbons (Fsp3) is 0.308. The molecule has 0 spiro atoms. The van der Waals surface area contributed by atoms with Gasteiger partial charge in [-0.1, -0.05) is 24.8 Å². The van der Waals surface area contributed by atoms with Crippen LogP contribution < -0.4 is 0 Å². The van der Waals surface area contributed by atoms with Gasteiger partial charge in [-0.15, -0.1) is 0 Å². The molecule has 0 atom stereocenters. The van der Waals surface area contributed by atoms with Gasteiger partial charge in [0.15, 0.2) is 5.16 Å². The monoisotopic (exact) mass is 299 g/mol. The van der Waals surface area contributed by atoms with Crippen molar-refractivity contribution in [2.45, 2.75) is 24.7 Å². The molecule has 0 radical (unpaired) electrons. The van der Waals surface area contributed by atoms with E-state index in [1.54, 1.807) is 0 Å². The number of halogens is 3. The third-order valence-electron chi connectivity index (χ3n) is 2.73. The fourth-order valence-corrected chi connectivity index (χ4v) is 2.04. The highest BCUT2D eigenvalue weighted by Crippen LogP contribution is 2.31. The van der Waals surface area contributed by atoms with Crippen molar-refractivity contribution in [3.05, 3.63) is 35.8 Å². The molecule has 0 saturated carbocycles. The van der Waals surface area contributed by atoms with E-state index in [4.69, 9.17) is 0 Å². The summed E-state index contributed by atoms with van der Waals surface area (Å²) in [4.78, 5) is 11.9. The minimum Gasteiger partial charge on any atom is -0.243 e. The molecule has 0 bridgehead atoms. The molecule has 0 aliphatic carbocycles. The minimum absolute atomic E-state index is 0.287. The number of nitrogens with zero attached hydrogens (tertiary/aromatic N) is 3. The number of hydrogen-bond acceptors (Lipinski definition) is 4. The van der Waals surface area contributed by atoms with E-state index in [1.807, 2.05) is 13.2 Å². The highest BCUT2D eigenvalue weighted by atomic mass is 32.2. The Labute approximate surface area is 118 Å². The second-order valence-corrected chi connectivity index (χ2v) is 4.79. The molecule has 2 heterocycles. The van der Waals surface area contributed by atoms with Gasteiger partial charge in [0.2, 0.25) is 0 Å². The Morgan fingerprint density at radius 3 is 2.30 bits per heavy atom. The molecule has 20 heavy (non-hydrogen) atoms. The molecule has 0 amide bonds. The molecule has 0 aliphatic heterocycles. The fourth-order valence-electron chi connectivity index (χ4n) is 1.72.